The van der Waals surface area contributed by atoms with E-state index in [1.165, 1.54) is 29.6 Å². The van der Waals surface area contributed by atoms with Crippen LogP contribution in [0.4, 0.5) is 5.69 Å². The summed E-state index contributed by atoms with van der Waals surface area (Å²) in [4.78, 5) is 22.5. The van der Waals surface area contributed by atoms with E-state index in [9.17, 15) is 13.2 Å². The molecule has 2 aliphatic heterocycles. The number of ether oxygens (including phenoxy) is 1. The number of carbonyl (C=O) groups excluding carboxylic acids is 1. The van der Waals surface area contributed by atoms with Crippen LogP contribution in [0.5, 0.6) is 5.75 Å². The minimum atomic E-state index is -4.00. The van der Waals surface area contributed by atoms with Crippen molar-refractivity contribution in [2.75, 3.05) is 50.8 Å². The number of aromatic nitrogens is 2. The number of rotatable bonds is 9. The molecule has 1 fully saturated rings. The van der Waals surface area contributed by atoms with Gasteiger partial charge in [0.25, 0.3) is 15.9 Å². The maximum atomic E-state index is 13.5. The van der Waals surface area contributed by atoms with Gasteiger partial charge in [0.15, 0.2) is 5.65 Å². The van der Waals surface area contributed by atoms with E-state index in [0.29, 0.717) is 11.9 Å². The minimum absolute atomic E-state index is 0.0609. The third kappa shape index (κ3) is 5.67. The Morgan fingerprint density at radius 3 is 2.61 bits per heavy atom. The van der Waals surface area contributed by atoms with Gasteiger partial charge in [-0.15, -0.1) is 0 Å². The number of nitrogens with zero attached hydrogens (tertiary/aromatic N) is 4. The number of amides is 1. The van der Waals surface area contributed by atoms with Crippen molar-refractivity contribution in [1.29, 1.82) is 0 Å². The van der Waals surface area contributed by atoms with Crippen LogP contribution in [-0.2, 0) is 16.4 Å². The number of fused-ring (bicyclic) bond motifs is 2. The Balaban J connectivity index is 1.02. The monoisotopic (exact) mass is 573 g/mol. The Hall–Kier alpha value is -3.89. The predicted molar refractivity (Wildman–Crippen MR) is 159 cm³/mol. The number of carbonyl (C=O) groups is 1. The normalized spacial score (nSPS) is 15.9. The van der Waals surface area contributed by atoms with E-state index < -0.39 is 15.9 Å². The topological polar surface area (TPSA) is 96.8 Å². The van der Waals surface area contributed by atoms with E-state index in [1.807, 2.05) is 0 Å². The zero-order valence-electron chi connectivity index (χ0n) is 23.0. The highest BCUT2D eigenvalue weighted by molar-refractivity contribution is 7.90. The molecule has 0 unspecified atom stereocenters. The summed E-state index contributed by atoms with van der Waals surface area (Å²) in [6.45, 7) is 6.12. The Kier molecular flexibility index (Phi) is 7.93. The molecule has 0 spiro atoms. The summed E-state index contributed by atoms with van der Waals surface area (Å²) in [5.41, 5.74) is 2.83. The maximum Gasteiger partial charge on any atom is 0.270 e. The van der Waals surface area contributed by atoms with Crippen molar-refractivity contribution in [1.82, 2.24) is 19.2 Å². The molecule has 1 amide bonds. The first kappa shape index (κ1) is 27.3. The van der Waals surface area contributed by atoms with Gasteiger partial charge >= 0.3 is 0 Å². The number of nitrogens with one attached hydrogen (secondary N) is 1. The number of hydrogen-bond acceptors (Lipinski definition) is 7. The van der Waals surface area contributed by atoms with Gasteiger partial charge in [0, 0.05) is 44.3 Å². The lowest BCUT2D eigenvalue weighted by Crippen LogP contribution is -2.47. The van der Waals surface area contributed by atoms with Gasteiger partial charge < -0.3 is 15.0 Å². The highest BCUT2D eigenvalue weighted by atomic mass is 32.2. The number of pyridine rings is 1. The fraction of sp³-hybridized carbons (Fsp3) is 0.355. The van der Waals surface area contributed by atoms with Gasteiger partial charge in [-0.25, -0.2) is 17.4 Å². The van der Waals surface area contributed by atoms with Gasteiger partial charge in [0.2, 0.25) is 0 Å². The summed E-state index contributed by atoms with van der Waals surface area (Å²) in [5, 5.41) is 3.52. The van der Waals surface area contributed by atoms with Crippen LogP contribution in [0, 0.1) is 0 Å². The molecule has 0 radical (unpaired) electrons. The number of anilines is 1. The molecule has 10 heteroatoms. The molecule has 9 nitrogen and oxygen atoms in total. The van der Waals surface area contributed by atoms with Crippen molar-refractivity contribution in [3.8, 4) is 5.75 Å². The summed E-state index contributed by atoms with van der Waals surface area (Å²) in [6.07, 6.45) is 5.44. The lowest BCUT2D eigenvalue weighted by molar-refractivity contribution is 0.0946. The van der Waals surface area contributed by atoms with Crippen molar-refractivity contribution in [2.45, 2.75) is 30.6 Å². The van der Waals surface area contributed by atoms with Gasteiger partial charge in [-0.3, -0.25) is 9.69 Å². The molecule has 41 heavy (non-hydrogen) atoms. The van der Waals surface area contributed by atoms with Crippen LogP contribution in [-0.4, -0.2) is 74.1 Å². The number of unbranched alkanes of at least 4 members (excludes halogenated alkanes) is 1. The van der Waals surface area contributed by atoms with E-state index >= 15 is 0 Å². The molecule has 0 aliphatic carbocycles. The van der Waals surface area contributed by atoms with Crippen molar-refractivity contribution in [3.05, 3.63) is 84.2 Å². The van der Waals surface area contributed by atoms with Crippen LogP contribution < -0.4 is 15.0 Å². The molecule has 2 aromatic heterocycles. The second kappa shape index (κ2) is 11.9. The Morgan fingerprint density at radius 2 is 1.78 bits per heavy atom. The van der Waals surface area contributed by atoms with E-state index in [4.69, 9.17) is 4.74 Å². The van der Waals surface area contributed by atoms with E-state index in [2.05, 4.69) is 38.3 Å². The Bertz CT molecular complexity index is 1630. The molecule has 6 rings (SSSR count). The molecule has 0 saturated carbocycles. The molecule has 214 valence electrons. The second-order valence-electron chi connectivity index (χ2n) is 10.5. The molecule has 4 aromatic rings. The number of piperazine rings is 1. The lowest BCUT2D eigenvalue weighted by Gasteiger charge is -2.37. The molecular weight excluding hydrogens is 538 g/mol. The van der Waals surface area contributed by atoms with Crippen molar-refractivity contribution in [3.63, 3.8) is 0 Å². The summed E-state index contributed by atoms with van der Waals surface area (Å²) in [5.74, 6) is 0.638. The number of aryl methyl sites for hydroxylation is 1. The fourth-order valence-electron chi connectivity index (χ4n) is 5.70. The fourth-order valence-corrected chi connectivity index (χ4v) is 7.18. The number of para-hydroxylation sites is 1. The van der Waals surface area contributed by atoms with Crippen molar-refractivity contribution >= 4 is 32.7 Å². The SMILES string of the molecule is O=C(NCCCCN1CCN(c2cccc3c2OCCC3)CC1)c1cc2cccnc2n1S(=O)(=O)c1ccccc1. The highest BCUT2D eigenvalue weighted by Gasteiger charge is 2.27. The van der Waals surface area contributed by atoms with Gasteiger partial charge in [-0.2, -0.15) is 0 Å². The molecule has 2 aliphatic rings. The zero-order chi connectivity index (χ0) is 28.2. The standard InChI is InChI=1S/C31H35N5O4S/c37-31(28-23-25-10-7-16-32-30(25)36(28)41(38,39)26-12-2-1-3-13-26)33-15-4-5-17-34-18-20-35(21-19-34)27-14-6-9-24-11-8-22-40-29(24)27/h1-3,6-7,9-10,12-14,16,23H,4-5,8,11,15,17-22H2,(H,33,37). The second-order valence-corrected chi connectivity index (χ2v) is 12.3. The quantitative estimate of drug-likeness (QED) is 0.303. The molecule has 1 saturated heterocycles. The predicted octanol–water partition coefficient (Wildman–Crippen LogP) is 3.93. The largest absolute Gasteiger partial charge is 0.491 e. The van der Waals surface area contributed by atoms with E-state index in [-0.39, 0.29) is 16.2 Å². The number of hydrogen-bond donors (Lipinski definition) is 1. The van der Waals surface area contributed by atoms with Gasteiger partial charge in [-0.1, -0.05) is 30.3 Å². The van der Waals surface area contributed by atoms with Crippen LogP contribution in [0.25, 0.3) is 11.0 Å². The first-order valence-corrected chi connectivity index (χ1v) is 15.7. The molecule has 0 bridgehead atoms. The first-order chi connectivity index (χ1) is 20.0. The summed E-state index contributed by atoms with van der Waals surface area (Å²) < 4.78 is 34.1. The Labute approximate surface area is 240 Å². The van der Waals surface area contributed by atoms with Gasteiger partial charge in [0.1, 0.15) is 11.4 Å². The Morgan fingerprint density at radius 1 is 0.951 bits per heavy atom. The van der Waals surface area contributed by atoms with Gasteiger partial charge in [0.05, 0.1) is 17.2 Å². The average molecular weight is 574 g/mol. The third-order valence-corrected chi connectivity index (χ3v) is 9.56. The molecule has 4 heterocycles. The molecular formula is C31H35N5O4S. The molecule has 1 N–H and O–H groups in total. The van der Waals surface area contributed by atoms with Gasteiger partial charge in [-0.05, 0) is 74.2 Å². The highest BCUT2D eigenvalue weighted by Crippen LogP contribution is 2.36. The first-order valence-electron chi connectivity index (χ1n) is 14.3. The van der Waals surface area contributed by atoms with Crippen LogP contribution in [0.1, 0.15) is 35.3 Å². The maximum absolute atomic E-state index is 13.5. The van der Waals surface area contributed by atoms with Crippen LogP contribution >= 0.6 is 0 Å². The zero-order valence-corrected chi connectivity index (χ0v) is 23.9. The lowest BCUT2D eigenvalue weighted by atomic mass is 10.0. The van der Waals surface area contributed by atoms with E-state index in [0.717, 1.165) is 74.7 Å². The molecule has 0 atom stereocenters. The number of benzene rings is 2. The third-order valence-electron chi connectivity index (χ3n) is 7.85. The molecule has 2 aromatic carbocycles. The van der Waals surface area contributed by atoms with E-state index in [1.54, 1.807) is 36.4 Å². The smallest absolute Gasteiger partial charge is 0.270 e. The summed E-state index contributed by atoms with van der Waals surface area (Å²) in [6, 6.07) is 19.7. The summed E-state index contributed by atoms with van der Waals surface area (Å²) >= 11 is 0. The van der Waals surface area contributed by atoms with Crippen LogP contribution in [0.2, 0.25) is 0 Å². The minimum Gasteiger partial charge on any atom is -0.491 e. The summed E-state index contributed by atoms with van der Waals surface area (Å²) in [7, 11) is -4.00. The van der Waals surface area contributed by atoms with Crippen molar-refractivity contribution in [2.24, 2.45) is 0 Å². The van der Waals surface area contributed by atoms with Crippen LogP contribution in [0.15, 0.2) is 77.8 Å². The van der Waals surface area contributed by atoms with Crippen molar-refractivity contribution < 1.29 is 17.9 Å². The average Bonchev–Trinajstić information content (AvgIpc) is 3.42. The van der Waals surface area contributed by atoms with Crippen LogP contribution in [0.3, 0.4) is 0 Å².